The first-order chi connectivity index (χ1) is 13.4. The van der Waals surface area contributed by atoms with E-state index in [0.29, 0.717) is 5.92 Å². The van der Waals surface area contributed by atoms with Gasteiger partial charge in [0, 0.05) is 36.7 Å². The lowest BCUT2D eigenvalue weighted by atomic mass is 9.95. The van der Waals surface area contributed by atoms with Gasteiger partial charge in [-0.15, -0.1) is 0 Å². The first-order valence-corrected chi connectivity index (χ1v) is 10.1. The first-order valence-electron chi connectivity index (χ1n) is 10.1. The zero-order valence-electron chi connectivity index (χ0n) is 15.7. The van der Waals surface area contributed by atoms with E-state index in [1.54, 1.807) is 0 Å². The van der Waals surface area contributed by atoms with Gasteiger partial charge < -0.3 is 9.30 Å². The normalized spacial score (nSPS) is 19.3. The van der Waals surface area contributed by atoms with Gasteiger partial charge in [0.05, 0.1) is 30.0 Å². The van der Waals surface area contributed by atoms with Crippen LogP contribution < -0.4 is 0 Å². The standard InChI is InChI=1S/C22H26N4O/c1-2-6-16(7-3-1)21-22(17-11-13-27-14-17)26(15-23-21)12-10-20-18-8-4-5-9-19(18)24-25-20/h1-3,6-7,15,17H,4-5,8-14H2,(H,24,25)/t17-/m1/s1. The van der Waals surface area contributed by atoms with Crippen molar-refractivity contribution in [2.24, 2.45) is 0 Å². The molecule has 0 spiro atoms. The van der Waals surface area contributed by atoms with Crippen LogP contribution in [-0.4, -0.2) is 33.0 Å². The second-order valence-electron chi connectivity index (χ2n) is 7.68. The van der Waals surface area contributed by atoms with E-state index in [0.717, 1.165) is 44.7 Å². The average molecular weight is 362 g/mol. The van der Waals surface area contributed by atoms with Gasteiger partial charge in [0.15, 0.2) is 0 Å². The highest BCUT2D eigenvalue weighted by Gasteiger charge is 2.26. The highest BCUT2D eigenvalue weighted by molar-refractivity contribution is 5.62. The van der Waals surface area contributed by atoms with E-state index in [-0.39, 0.29) is 0 Å². The van der Waals surface area contributed by atoms with Crippen LogP contribution in [0.1, 0.15) is 47.8 Å². The third-order valence-corrected chi connectivity index (χ3v) is 5.97. The molecule has 5 heteroatoms. The molecule has 1 aromatic carbocycles. The molecule has 3 aromatic rings. The maximum absolute atomic E-state index is 5.69. The van der Waals surface area contributed by atoms with Gasteiger partial charge in [-0.25, -0.2) is 4.98 Å². The lowest BCUT2D eigenvalue weighted by molar-refractivity contribution is 0.193. The Hall–Kier alpha value is -2.40. The maximum atomic E-state index is 5.69. The van der Waals surface area contributed by atoms with Crippen molar-refractivity contribution in [2.75, 3.05) is 13.2 Å². The third kappa shape index (κ3) is 3.21. The zero-order chi connectivity index (χ0) is 18.1. The molecule has 1 saturated heterocycles. The molecular formula is C22H26N4O. The van der Waals surface area contributed by atoms with Gasteiger partial charge in [-0.2, -0.15) is 5.10 Å². The largest absolute Gasteiger partial charge is 0.381 e. The SMILES string of the molecule is c1ccc(-c2ncn(CCc3n[nH]c4c3CCCC4)c2[C@@H]2CCOC2)cc1. The number of ether oxygens (including phenoxy) is 1. The van der Waals surface area contributed by atoms with E-state index in [9.17, 15) is 0 Å². The summed E-state index contributed by atoms with van der Waals surface area (Å²) in [6, 6.07) is 10.5. The second kappa shape index (κ2) is 7.31. The molecule has 0 bridgehead atoms. The fourth-order valence-electron chi connectivity index (χ4n) is 4.55. The van der Waals surface area contributed by atoms with E-state index in [1.807, 2.05) is 6.33 Å². The maximum Gasteiger partial charge on any atom is 0.0956 e. The number of aryl methyl sites for hydroxylation is 3. The lowest BCUT2D eigenvalue weighted by Crippen LogP contribution is -2.11. The minimum absolute atomic E-state index is 0.427. The van der Waals surface area contributed by atoms with Gasteiger partial charge in [0.2, 0.25) is 0 Å². The van der Waals surface area contributed by atoms with E-state index >= 15 is 0 Å². The molecule has 2 aromatic heterocycles. The average Bonchev–Trinajstić information content (AvgIpc) is 3.46. The summed E-state index contributed by atoms with van der Waals surface area (Å²) in [5, 5.41) is 7.89. The summed E-state index contributed by atoms with van der Waals surface area (Å²) < 4.78 is 8.03. The number of nitrogens with one attached hydrogen (secondary N) is 1. The number of hydrogen-bond donors (Lipinski definition) is 1. The van der Waals surface area contributed by atoms with Gasteiger partial charge in [-0.05, 0) is 37.7 Å². The molecule has 1 aliphatic carbocycles. The Bertz CT molecular complexity index is 906. The second-order valence-corrected chi connectivity index (χ2v) is 7.68. The molecule has 0 radical (unpaired) electrons. The molecule has 1 atom stereocenters. The van der Waals surface area contributed by atoms with Crippen LogP contribution in [0.4, 0.5) is 0 Å². The molecule has 1 aliphatic heterocycles. The summed E-state index contributed by atoms with van der Waals surface area (Å²) >= 11 is 0. The van der Waals surface area contributed by atoms with Gasteiger partial charge in [-0.3, -0.25) is 5.10 Å². The minimum Gasteiger partial charge on any atom is -0.381 e. The molecular weight excluding hydrogens is 336 g/mol. The Morgan fingerprint density at radius 3 is 2.89 bits per heavy atom. The number of fused-ring (bicyclic) bond motifs is 1. The lowest BCUT2D eigenvalue weighted by Gasteiger charge is -2.15. The molecule has 5 rings (SSSR count). The number of rotatable bonds is 5. The number of hydrogen-bond acceptors (Lipinski definition) is 3. The molecule has 0 amide bonds. The van der Waals surface area contributed by atoms with E-state index in [1.165, 1.54) is 47.5 Å². The Labute approximate surface area is 159 Å². The predicted octanol–water partition coefficient (Wildman–Crippen LogP) is 3.90. The van der Waals surface area contributed by atoms with Crippen LogP contribution in [0, 0.1) is 0 Å². The third-order valence-electron chi connectivity index (χ3n) is 5.97. The highest BCUT2D eigenvalue weighted by Crippen LogP contribution is 2.33. The smallest absolute Gasteiger partial charge is 0.0956 e. The number of aromatic nitrogens is 4. The first kappa shape index (κ1) is 16.8. The molecule has 1 fully saturated rings. The Morgan fingerprint density at radius 1 is 1.15 bits per heavy atom. The number of benzene rings is 1. The summed E-state index contributed by atoms with van der Waals surface area (Å²) in [6.45, 7) is 2.56. The topological polar surface area (TPSA) is 55.7 Å². The van der Waals surface area contributed by atoms with Crippen LogP contribution in [0.2, 0.25) is 0 Å². The number of aromatic amines is 1. The van der Waals surface area contributed by atoms with Crippen LogP contribution >= 0.6 is 0 Å². The minimum atomic E-state index is 0.427. The van der Waals surface area contributed by atoms with Crippen molar-refractivity contribution in [3.05, 3.63) is 59.3 Å². The van der Waals surface area contributed by atoms with Crippen LogP contribution in [0.25, 0.3) is 11.3 Å². The zero-order valence-corrected chi connectivity index (χ0v) is 15.7. The molecule has 140 valence electrons. The van der Waals surface area contributed by atoms with Crippen LogP contribution in [0.3, 0.4) is 0 Å². The van der Waals surface area contributed by atoms with Crippen molar-refractivity contribution in [3.63, 3.8) is 0 Å². The summed E-state index contributed by atoms with van der Waals surface area (Å²) in [5.74, 6) is 0.427. The van der Waals surface area contributed by atoms with Crippen molar-refractivity contribution in [3.8, 4) is 11.3 Å². The Kier molecular flexibility index (Phi) is 4.54. The number of imidazole rings is 1. The van der Waals surface area contributed by atoms with Crippen LogP contribution in [0.5, 0.6) is 0 Å². The summed E-state index contributed by atoms with van der Waals surface area (Å²) in [4.78, 5) is 4.80. The fourth-order valence-corrected chi connectivity index (χ4v) is 4.55. The van der Waals surface area contributed by atoms with E-state index < -0.39 is 0 Å². The van der Waals surface area contributed by atoms with E-state index in [4.69, 9.17) is 9.72 Å². The summed E-state index contributed by atoms with van der Waals surface area (Å²) in [6.07, 6.45) is 8.92. The van der Waals surface area contributed by atoms with Crippen LogP contribution in [-0.2, 0) is 30.5 Å². The van der Waals surface area contributed by atoms with E-state index in [2.05, 4.69) is 45.1 Å². The van der Waals surface area contributed by atoms with Crippen LogP contribution in [0.15, 0.2) is 36.7 Å². The van der Waals surface area contributed by atoms with Crippen molar-refractivity contribution in [2.45, 2.75) is 51.0 Å². The Balaban J connectivity index is 1.44. The molecule has 3 heterocycles. The summed E-state index contributed by atoms with van der Waals surface area (Å²) in [7, 11) is 0. The van der Waals surface area contributed by atoms with Crippen molar-refractivity contribution in [1.29, 1.82) is 0 Å². The Morgan fingerprint density at radius 2 is 2.04 bits per heavy atom. The molecule has 1 N–H and O–H groups in total. The van der Waals surface area contributed by atoms with Gasteiger partial charge in [0.1, 0.15) is 0 Å². The molecule has 2 aliphatic rings. The number of nitrogens with zero attached hydrogens (tertiary/aromatic N) is 3. The molecule has 5 nitrogen and oxygen atoms in total. The molecule has 0 saturated carbocycles. The van der Waals surface area contributed by atoms with Gasteiger partial charge in [-0.1, -0.05) is 30.3 Å². The van der Waals surface area contributed by atoms with Gasteiger partial charge >= 0.3 is 0 Å². The number of H-pyrrole nitrogens is 1. The monoisotopic (exact) mass is 362 g/mol. The highest BCUT2D eigenvalue weighted by atomic mass is 16.5. The summed E-state index contributed by atoms with van der Waals surface area (Å²) in [5.41, 5.74) is 7.69. The molecule has 0 unspecified atom stereocenters. The van der Waals surface area contributed by atoms with Crippen molar-refractivity contribution in [1.82, 2.24) is 19.7 Å². The quantitative estimate of drug-likeness (QED) is 0.749. The predicted molar refractivity (Wildman–Crippen MR) is 105 cm³/mol. The fraction of sp³-hybridized carbons (Fsp3) is 0.455. The van der Waals surface area contributed by atoms with Gasteiger partial charge in [0.25, 0.3) is 0 Å². The molecule has 27 heavy (non-hydrogen) atoms. The van der Waals surface area contributed by atoms with Crippen molar-refractivity contribution < 1.29 is 4.74 Å². The van der Waals surface area contributed by atoms with Crippen molar-refractivity contribution >= 4 is 0 Å².